The lowest BCUT2D eigenvalue weighted by Gasteiger charge is -2.20. The van der Waals surface area contributed by atoms with Gasteiger partial charge in [-0.15, -0.1) is 13.2 Å². The Hall–Kier alpha value is -2.00. The van der Waals surface area contributed by atoms with Crippen LogP contribution in [0.1, 0.15) is 25.0 Å². The standard InChI is InChI=1S/C13H16F3NO5/c1-2-21-11(19)6-10(18)12(20)8-5-7(3-4-9(8)17)22-13(14,15)16/h3-5,10,12,18,20H,2,6,17H2,1H3. The SMILES string of the molecule is CCOC(=O)CC(O)C(O)c1cc(OC(F)(F)F)ccc1N. The molecule has 22 heavy (non-hydrogen) atoms. The highest BCUT2D eigenvalue weighted by Gasteiger charge is 2.32. The van der Waals surface area contributed by atoms with E-state index in [0.717, 1.165) is 18.2 Å². The van der Waals surface area contributed by atoms with E-state index in [1.54, 1.807) is 6.92 Å². The number of alkyl halides is 3. The molecular weight excluding hydrogens is 307 g/mol. The summed E-state index contributed by atoms with van der Waals surface area (Å²) in [5, 5.41) is 19.7. The molecule has 0 aliphatic rings. The molecule has 0 aromatic heterocycles. The van der Waals surface area contributed by atoms with E-state index in [-0.39, 0.29) is 17.9 Å². The monoisotopic (exact) mass is 323 g/mol. The fourth-order valence-corrected chi connectivity index (χ4v) is 1.72. The van der Waals surface area contributed by atoms with E-state index in [2.05, 4.69) is 9.47 Å². The zero-order valence-electron chi connectivity index (χ0n) is 11.6. The van der Waals surface area contributed by atoms with Crippen molar-refractivity contribution in [2.75, 3.05) is 12.3 Å². The topological polar surface area (TPSA) is 102 Å². The number of esters is 1. The summed E-state index contributed by atoms with van der Waals surface area (Å²) in [5.41, 5.74) is 5.32. The summed E-state index contributed by atoms with van der Waals surface area (Å²) in [7, 11) is 0. The van der Waals surface area contributed by atoms with Crippen molar-refractivity contribution in [3.8, 4) is 5.75 Å². The molecule has 0 fully saturated rings. The number of aliphatic hydroxyl groups excluding tert-OH is 2. The van der Waals surface area contributed by atoms with Gasteiger partial charge in [0.05, 0.1) is 19.1 Å². The van der Waals surface area contributed by atoms with E-state index in [9.17, 15) is 28.2 Å². The first-order valence-electron chi connectivity index (χ1n) is 6.31. The second-order valence-electron chi connectivity index (χ2n) is 4.36. The van der Waals surface area contributed by atoms with Crippen molar-refractivity contribution >= 4 is 11.7 Å². The Morgan fingerprint density at radius 1 is 1.36 bits per heavy atom. The highest BCUT2D eigenvalue weighted by Crippen LogP contribution is 2.31. The van der Waals surface area contributed by atoms with Crippen LogP contribution in [0.25, 0.3) is 0 Å². The maximum absolute atomic E-state index is 12.2. The first kappa shape index (κ1) is 18.1. The summed E-state index contributed by atoms with van der Waals surface area (Å²) in [6.45, 7) is 1.66. The molecule has 0 bridgehead atoms. The summed E-state index contributed by atoms with van der Waals surface area (Å²) < 4.78 is 44.8. The number of nitrogen functional groups attached to an aromatic ring is 1. The van der Waals surface area contributed by atoms with E-state index >= 15 is 0 Å². The van der Waals surface area contributed by atoms with Crippen LogP contribution in [0.3, 0.4) is 0 Å². The van der Waals surface area contributed by atoms with E-state index < -0.39 is 36.7 Å². The molecule has 0 saturated carbocycles. The van der Waals surface area contributed by atoms with Gasteiger partial charge in [0.15, 0.2) is 0 Å². The summed E-state index contributed by atoms with van der Waals surface area (Å²) in [4.78, 5) is 11.2. The molecule has 6 nitrogen and oxygen atoms in total. The first-order chi connectivity index (χ1) is 10.1. The predicted molar refractivity (Wildman–Crippen MR) is 69.8 cm³/mol. The van der Waals surface area contributed by atoms with Gasteiger partial charge in [-0.25, -0.2) is 0 Å². The van der Waals surface area contributed by atoms with Gasteiger partial charge >= 0.3 is 12.3 Å². The Kier molecular flexibility index (Phi) is 6.01. The van der Waals surface area contributed by atoms with E-state index in [0.29, 0.717) is 0 Å². The van der Waals surface area contributed by atoms with Gasteiger partial charge in [0.1, 0.15) is 11.9 Å². The second kappa shape index (κ2) is 7.32. The fourth-order valence-electron chi connectivity index (χ4n) is 1.72. The third kappa shape index (κ3) is 5.41. The highest BCUT2D eigenvalue weighted by atomic mass is 19.4. The Bertz CT molecular complexity index is 521. The number of benzene rings is 1. The van der Waals surface area contributed by atoms with Gasteiger partial charge in [-0.05, 0) is 25.1 Å². The number of carbonyl (C=O) groups is 1. The van der Waals surface area contributed by atoms with Crippen molar-refractivity contribution in [1.29, 1.82) is 0 Å². The molecule has 0 aliphatic heterocycles. The minimum absolute atomic E-state index is 0.0510. The molecular formula is C13H16F3NO5. The minimum Gasteiger partial charge on any atom is -0.466 e. The van der Waals surface area contributed by atoms with Gasteiger partial charge in [-0.2, -0.15) is 0 Å². The van der Waals surface area contributed by atoms with Gasteiger partial charge in [-0.1, -0.05) is 0 Å². The smallest absolute Gasteiger partial charge is 0.466 e. The highest BCUT2D eigenvalue weighted by molar-refractivity contribution is 5.70. The van der Waals surface area contributed by atoms with Crippen LogP contribution in [0.2, 0.25) is 0 Å². The van der Waals surface area contributed by atoms with Crippen LogP contribution in [0, 0.1) is 0 Å². The van der Waals surface area contributed by atoms with Gasteiger partial charge in [0, 0.05) is 11.3 Å². The molecule has 0 aliphatic carbocycles. The van der Waals surface area contributed by atoms with Crippen LogP contribution in [-0.4, -0.2) is 35.3 Å². The predicted octanol–water partition coefficient (Wildman–Crippen LogP) is 1.51. The number of rotatable bonds is 6. The summed E-state index contributed by atoms with van der Waals surface area (Å²) >= 11 is 0. The van der Waals surface area contributed by atoms with Gasteiger partial charge in [-0.3, -0.25) is 4.79 Å². The Labute approximate surface area is 124 Å². The van der Waals surface area contributed by atoms with Crippen molar-refractivity contribution < 1.29 is 37.7 Å². The molecule has 0 saturated heterocycles. The molecule has 0 heterocycles. The third-order valence-electron chi connectivity index (χ3n) is 2.66. The number of aliphatic hydroxyl groups is 2. The lowest BCUT2D eigenvalue weighted by molar-refractivity contribution is -0.274. The van der Waals surface area contributed by atoms with E-state index in [1.807, 2.05) is 0 Å². The van der Waals surface area contributed by atoms with Crippen LogP contribution in [0.5, 0.6) is 5.75 Å². The molecule has 2 unspecified atom stereocenters. The zero-order chi connectivity index (χ0) is 16.9. The summed E-state index contributed by atoms with van der Waals surface area (Å²) in [6, 6.07) is 2.91. The molecule has 0 spiro atoms. The molecule has 1 aromatic carbocycles. The van der Waals surface area contributed by atoms with Gasteiger partial charge < -0.3 is 25.4 Å². The number of ether oxygens (including phenoxy) is 2. The normalized spacial score (nSPS) is 14.3. The van der Waals surface area contributed by atoms with Gasteiger partial charge in [0.2, 0.25) is 0 Å². The van der Waals surface area contributed by atoms with Crippen molar-refractivity contribution in [3.63, 3.8) is 0 Å². The Balaban J connectivity index is 2.89. The Morgan fingerprint density at radius 3 is 2.55 bits per heavy atom. The number of halogens is 3. The zero-order valence-corrected chi connectivity index (χ0v) is 11.6. The largest absolute Gasteiger partial charge is 0.573 e. The second-order valence-corrected chi connectivity index (χ2v) is 4.36. The van der Waals surface area contributed by atoms with Gasteiger partial charge in [0.25, 0.3) is 0 Å². The quantitative estimate of drug-likeness (QED) is 0.542. The molecule has 1 aromatic rings. The van der Waals surface area contributed by atoms with Crippen LogP contribution < -0.4 is 10.5 Å². The minimum atomic E-state index is -4.90. The Morgan fingerprint density at radius 2 is 2.00 bits per heavy atom. The van der Waals surface area contributed by atoms with Crippen molar-refractivity contribution in [1.82, 2.24) is 0 Å². The average Bonchev–Trinajstić information content (AvgIpc) is 2.38. The summed E-state index contributed by atoms with van der Waals surface area (Å²) in [6.07, 6.45) is -8.68. The molecule has 4 N–H and O–H groups in total. The molecule has 9 heteroatoms. The molecule has 0 radical (unpaired) electrons. The molecule has 124 valence electrons. The number of anilines is 1. The van der Waals surface area contributed by atoms with Crippen LogP contribution >= 0.6 is 0 Å². The maximum atomic E-state index is 12.2. The van der Waals surface area contributed by atoms with E-state index in [4.69, 9.17) is 5.73 Å². The maximum Gasteiger partial charge on any atom is 0.573 e. The van der Waals surface area contributed by atoms with Crippen molar-refractivity contribution in [2.24, 2.45) is 0 Å². The lowest BCUT2D eigenvalue weighted by Crippen LogP contribution is -2.24. The summed E-state index contributed by atoms with van der Waals surface area (Å²) in [5.74, 6) is -1.35. The van der Waals surface area contributed by atoms with Crippen LogP contribution in [0.15, 0.2) is 18.2 Å². The van der Waals surface area contributed by atoms with Crippen molar-refractivity contribution in [3.05, 3.63) is 23.8 Å². The van der Waals surface area contributed by atoms with E-state index in [1.165, 1.54) is 0 Å². The molecule has 1 rings (SSSR count). The fraction of sp³-hybridized carbons (Fsp3) is 0.462. The molecule has 0 amide bonds. The first-order valence-corrected chi connectivity index (χ1v) is 6.31. The van der Waals surface area contributed by atoms with Crippen LogP contribution in [0.4, 0.5) is 18.9 Å². The lowest BCUT2D eigenvalue weighted by atomic mass is 10.00. The van der Waals surface area contributed by atoms with Crippen LogP contribution in [-0.2, 0) is 9.53 Å². The number of nitrogens with two attached hydrogens (primary N) is 1. The average molecular weight is 323 g/mol. The number of hydrogen-bond acceptors (Lipinski definition) is 6. The molecule has 2 atom stereocenters. The number of carbonyl (C=O) groups excluding carboxylic acids is 1. The van der Waals surface area contributed by atoms with Crippen molar-refractivity contribution in [2.45, 2.75) is 31.9 Å². The number of hydrogen-bond donors (Lipinski definition) is 3. The third-order valence-corrected chi connectivity index (χ3v) is 2.66.